The van der Waals surface area contributed by atoms with Crippen molar-refractivity contribution in [3.05, 3.63) is 64.6 Å². The third-order valence-corrected chi connectivity index (χ3v) is 4.47. The quantitative estimate of drug-likeness (QED) is 0.762. The van der Waals surface area contributed by atoms with Crippen LogP contribution in [-0.2, 0) is 19.1 Å². The summed E-state index contributed by atoms with van der Waals surface area (Å²) in [4.78, 5) is 16.2. The number of aryl methyl sites for hydroxylation is 1. The Bertz CT molecular complexity index is 1040. The first-order valence-electron chi connectivity index (χ1n) is 8.41. The smallest absolute Gasteiger partial charge is 0.435 e. The van der Waals surface area contributed by atoms with Crippen LogP contribution in [0.3, 0.4) is 0 Å². The van der Waals surface area contributed by atoms with Gasteiger partial charge in [0.15, 0.2) is 5.69 Å². The van der Waals surface area contributed by atoms with Crippen LogP contribution in [0.1, 0.15) is 32.9 Å². The molecule has 140 valence electrons. The molecule has 1 N–H and O–H groups in total. The van der Waals surface area contributed by atoms with E-state index in [0.29, 0.717) is 6.61 Å². The van der Waals surface area contributed by atoms with Crippen molar-refractivity contribution in [2.24, 2.45) is 0 Å². The molecule has 0 saturated carbocycles. The Morgan fingerprint density at radius 1 is 1.30 bits per heavy atom. The number of imidazole rings is 1. The summed E-state index contributed by atoms with van der Waals surface area (Å²) in [5.74, 6) is -0.0167. The molecule has 1 aliphatic heterocycles. The fraction of sp³-hybridized carbons (Fsp3) is 0.263. The van der Waals surface area contributed by atoms with E-state index in [1.165, 1.54) is 16.7 Å². The summed E-state index contributed by atoms with van der Waals surface area (Å²) in [6, 6.07) is 8.62. The predicted octanol–water partition coefficient (Wildman–Crippen LogP) is 3.53. The van der Waals surface area contributed by atoms with Crippen molar-refractivity contribution in [2.75, 3.05) is 6.61 Å². The zero-order chi connectivity index (χ0) is 19.2. The Balaban J connectivity index is 1.64. The van der Waals surface area contributed by atoms with Gasteiger partial charge in [0, 0.05) is 19.2 Å². The molecule has 0 fully saturated rings. The molecule has 3 heterocycles. The second-order valence-electron chi connectivity index (χ2n) is 6.46. The van der Waals surface area contributed by atoms with Gasteiger partial charge in [-0.2, -0.15) is 13.2 Å². The number of rotatable bonds is 3. The van der Waals surface area contributed by atoms with Crippen LogP contribution >= 0.6 is 0 Å². The van der Waals surface area contributed by atoms with Gasteiger partial charge in [0.2, 0.25) is 0 Å². The highest BCUT2D eigenvalue weighted by Gasteiger charge is 2.40. The highest BCUT2D eigenvalue weighted by Crippen LogP contribution is 2.32. The summed E-state index contributed by atoms with van der Waals surface area (Å²) in [6.45, 7) is 2.48. The Morgan fingerprint density at radius 2 is 2.11 bits per heavy atom. The monoisotopic (exact) mass is 375 g/mol. The highest BCUT2D eigenvalue weighted by atomic mass is 19.4. The number of carbonyl (C=O) groups excluding carboxylic acids is 1. The number of nitrogens with one attached hydrogen (secondary N) is 1. The van der Waals surface area contributed by atoms with Gasteiger partial charge in [-0.3, -0.25) is 9.20 Å². The summed E-state index contributed by atoms with van der Waals surface area (Å²) >= 11 is 0. The minimum Gasteiger partial charge on any atom is -0.493 e. The molecule has 1 amide bonds. The number of fused-ring (bicyclic) bond motifs is 2. The number of alkyl halides is 3. The number of nitrogens with zero attached hydrogens (tertiary/aromatic N) is 2. The van der Waals surface area contributed by atoms with Gasteiger partial charge < -0.3 is 10.1 Å². The lowest BCUT2D eigenvalue weighted by Crippen LogP contribution is -2.27. The van der Waals surface area contributed by atoms with E-state index in [4.69, 9.17) is 4.74 Å². The van der Waals surface area contributed by atoms with Crippen molar-refractivity contribution in [1.82, 2.24) is 14.7 Å². The zero-order valence-electron chi connectivity index (χ0n) is 14.4. The lowest BCUT2D eigenvalue weighted by atomic mass is 10.1. The first-order chi connectivity index (χ1) is 12.8. The van der Waals surface area contributed by atoms with E-state index in [2.05, 4.69) is 10.3 Å². The first-order valence-corrected chi connectivity index (χ1v) is 8.41. The molecule has 0 atom stereocenters. The van der Waals surface area contributed by atoms with Crippen LogP contribution in [0.4, 0.5) is 13.2 Å². The van der Waals surface area contributed by atoms with Gasteiger partial charge in [-0.15, -0.1) is 0 Å². The van der Waals surface area contributed by atoms with Gasteiger partial charge in [-0.25, -0.2) is 4.98 Å². The predicted molar refractivity (Wildman–Crippen MR) is 91.7 cm³/mol. The summed E-state index contributed by atoms with van der Waals surface area (Å²) in [6.07, 6.45) is -2.52. The van der Waals surface area contributed by atoms with Crippen molar-refractivity contribution < 1.29 is 22.7 Å². The third-order valence-electron chi connectivity index (χ3n) is 4.47. The SMILES string of the molecule is Cc1ccn2c(C(=O)NCc3ccc4c(c3)CCO4)c(C(F)(F)F)nc2c1. The number of hydrogen-bond acceptors (Lipinski definition) is 3. The van der Waals surface area contributed by atoms with E-state index in [0.717, 1.165) is 28.9 Å². The van der Waals surface area contributed by atoms with Crippen LogP contribution in [0.5, 0.6) is 5.75 Å². The van der Waals surface area contributed by atoms with Gasteiger partial charge >= 0.3 is 6.18 Å². The maximum Gasteiger partial charge on any atom is 0.435 e. The van der Waals surface area contributed by atoms with E-state index in [-0.39, 0.29) is 12.2 Å². The maximum absolute atomic E-state index is 13.4. The summed E-state index contributed by atoms with van der Waals surface area (Å²) in [7, 11) is 0. The zero-order valence-corrected chi connectivity index (χ0v) is 14.4. The van der Waals surface area contributed by atoms with Gasteiger partial charge in [-0.05, 0) is 41.8 Å². The van der Waals surface area contributed by atoms with Gasteiger partial charge in [-0.1, -0.05) is 12.1 Å². The van der Waals surface area contributed by atoms with Gasteiger partial charge in [0.1, 0.15) is 17.1 Å². The molecule has 0 saturated heterocycles. The lowest BCUT2D eigenvalue weighted by molar-refractivity contribution is -0.141. The second-order valence-corrected chi connectivity index (χ2v) is 6.46. The fourth-order valence-corrected chi connectivity index (χ4v) is 3.18. The first kappa shape index (κ1) is 17.4. The molecular formula is C19H16F3N3O2. The largest absolute Gasteiger partial charge is 0.493 e. The summed E-state index contributed by atoms with van der Waals surface area (Å²) in [5, 5.41) is 2.57. The van der Waals surface area contributed by atoms with Crippen molar-refractivity contribution in [3.8, 4) is 5.75 Å². The number of pyridine rings is 1. The molecule has 5 nitrogen and oxygen atoms in total. The van der Waals surface area contributed by atoms with Crippen molar-refractivity contribution >= 4 is 11.6 Å². The highest BCUT2D eigenvalue weighted by molar-refractivity contribution is 5.95. The molecule has 4 rings (SSSR count). The molecule has 27 heavy (non-hydrogen) atoms. The average Bonchev–Trinajstić information content (AvgIpc) is 3.22. The molecule has 0 spiro atoms. The molecule has 0 aliphatic carbocycles. The summed E-state index contributed by atoms with van der Waals surface area (Å²) < 4.78 is 46.8. The normalized spacial score (nSPS) is 13.5. The molecular weight excluding hydrogens is 359 g/mol. The molecule has 0 unspecified atom stereocenters. The average molecular weight is 375 g/mol. The number of carbonyl (C=O) groups is 1. The van der Waals surface area contributed by atoms with Crippen molar-refractivity contribution in [2.45, 2.75) is 26.1 Å². The second kappa shape index (κ2) is 6.29. The van der Waals surface area contributed by atoms with Crippen LogP contribution in [0.2, 0.25) is 0 Å². The molecule has 1 aliphatic rings. The molecule has 2 aromatic heterocycles. The van der Waals surface area contributed by atoms with Crippen molar-refractivity contribution in [3.63, 3.8) is 0 Å². The number of ether oxygens (including phenoxy) is 1. The summed E-state index contributed by atoms with van der Waals surface area (Å²) in [5.41, 5.74) is 0.972. The number of benzene rings is 1. The standard InChI is InChI=1S/C19H16F3N3O2/c1-11-4-6-25-15(8-11)24-17(19(20,21)22)16(25)18(26)23-10-12-2-3-14-13(9-12)5-7-27-14/h2-4,6,8-9H,5,7,10H2,1H3,(H,23,26). The third kappa shape index (κ3) is 3.22. The van der Waals surface area contributed by atoms with E-state index >= 15 is 0 Å². The van der Waals surface area contributed by atoms with E-state index in [9.17, 15) is 18.0 Å². The molecule has 0 radical (unpaired) electrons. The van der Waals surface area contributed by atoms with Crippen LogP contribution in [0.25, 0.3) is 5.65 Å². The minimum atomic E-state index is -4.72. The Kier molecular flexibility index (Phi) is 4.05. The van der Waals surface area contributed by atoms with E-state index in [1.54, 1.807) is 19.1 Å². The number of amides is 1. The van der Waals surface area contributed by atoms with Crippen LogP contribution in [-0.4, -0.2) is 21.9 Å². The van der Waals surface area contributed by atoms with Gasteiger partial charge in [0.05, 0.1) is 6.61 Å². The van der Waals surface area contributed by atoms with Crippen LogP contribution in [0.15, 0.2) is 36.5 Å². The Hall–Kier alpha value is -3.03. The lowest BCUT2D eigenvalue weighted by Gasteiger charge is -2.10. The van der Waals surface area contributed by atoms with Crippen LogP contribution < -0.4 is 10.1 Å². The minimum absolute atomic E-state index is 0.0853. The molecule has 1 aromatic carbocycles. The Labute approximate surface area is 152 Å². The van der Waals surface area contributed by atoms with E-state index < -0.39 is 23.5 Å². The van der Waals surface area contributed by atoms with Crippen molar-refractivity contribution in [1.29, 1.82) is 0 Å². The molecule has 0 bridgehead atoms. The van der Waals surface area contributed by atoms with Crippen LogP contribution in [0, 0.1) is 6.92 Å². The van der Waals surface area contributed by atoms with E-state index in [1.807, 2.05) is 12.1 Å². The number of halogens is 3. The topological polar surface area (TPSA) is 55.6 Å². The molecule has 8 heteroatoms. The van der Waals surface area contributed by atoms with Gasteiger partial charge in [0.25, 0.3) is 5.91 Å². The number of aromatic nitrogens is 2. The molecule has 3 aromatic rings. The Morgan fingerprint density at radius 3 is 2.89 bits per heavy atom. The number of hydrogen-bond donors (Lipinski definition) is 1. The fourth-order valence-electron chi connectivity index (χ4n) is 3.18. The maximum atomic E-state index is 13.4.